The predicted octanol–water partition coefficient (Wildman–Crippen LogP) is 1.19. The summed E-state index contributed by atoms with van der Waals surface area (Å²) in [6.45, 7) is 2.97. The molecular weight excluding hydrogens is 157 g/mol. The summed E-state index contributed by atoms with van der Waals surface area (Å²) < 4.78 is 12.1. The van der Waals surface area contributed by atoms with Gasteiger partial charge in [-0.1, -0.05) is 13.3 Å². The minimum Gasteiger partial charge on any atom is -0.392 e. The Morgan fingerprint density at radius 3 is 2.92 bits per heavy atom. The quantitative estimate of drug-likeness (QED) is 0.693. The van der Waals surface area contributed by atoms with Gasteiger partial charge in [-0.05, 0) is 12.8 Å². The molecule has 12 heavy (non-hydrogen) atoms. The molecule has 72 valence electrons. The van der Waals surface area contributed by atoms with Crippen molar-refractivity contribution in [2.24, 2.45) is 0 Å². The average molecular weight is 175 g/mol. The molecule has 3 heteroatoms. The third-order valence-electron chi connectivity index (χ3n) is 2.50. The molecule has 1 aliphatic heterocycles. The molecule has 0 saturated carbocycles. The fraction of sp³-hybridized carbons (Fsp3) is 1.00. The van der Waals surface area contributed by atoms with E-state index >= 15 is 0 Å². The lowest BCUT2D eigenvalue weighted by Crippen LogP contribution is -2.31. The Bertz CT molecular complexity index is 118. The van der Waals surface area contributed by atoms with Crippen molar-refractivity contribution >= 4 is 0 Å². The van der Waals surface area contributed by atoms with Crippen LogP contribution in [0.15, 0.2) is 0 Å². The number of β-amino-alcohol motifs (C(OH)–C–C–N with tert-alkyl or cyclic N) is 1. The van der Waals surface area contributed by atoms with E-state index < -0.39 is 0 Å². The summed E-state index contributed by atoms with van der Waals surface area (Å²) in [5.41, 5.74) is 0. The highest BCUT2D eigenvalue weighted by Crippen LogP contribution is 2.21. The Morgan fingerprint density at radius 2 is 2.33 bits per heavy atom. The second-order valence-electron chi connectivity index (χ2n) is 3.52. The van der Waals surface area contributed by atoms with Gasteiger partial charge in [-0.2, -0.15) is 0 Å². The minimum atomic E-state index is -0.299. The lowest BCUT2D eigenvalue weighted by Gasteiger charge is -2.21. The largest absolute Gasteiger partial charge is 0.392 e. The van der Waals surface area contributed by atoms with E-state index in [1.54, 1.807) is 0 Å². The maximum absolute atomic E-state index is 12.1. The summed E-state index contributed by atoms with van der Waals surface area (Å²) >= 11 is 0. The van der Waals surface area contributed by atoms with Gasteiger partial charge in [-0.3, -0.25) is 4.90 Å². The molecule has 0 spiro atoms. The van der Waals surface area contributed by atoms with Crippen molar-refractivity contribution in [2.45, 2.75) is 38.3 Å². The van der Waals surface area contributed by atoms with Gasteiger partial charge in [0, 0.05) is 19.1 Å². The first-order valence-electron chi connectivity index (χ1n) is 4.76. The van der Waals surface area contributed by atoms with Crippen LogP contribution in [-0.2, 0) is 0 Å². The van der Waals surface area contributed by atoms with E-state index in [0.717, 1.165) is 19.3 Å². The smallest absolute Gasteiger partial charge is 0.102 e. The van der Waals surface area contributed by atoms with Gasteiger partial charge in [0.15, 0.2) is 0 Å². The number of hydrogen-bond acceptors (Lipinski definition) is 2. The zero-order valence-electron chi connectivity index (χ0n) is 7.67. The normalized spacial score (nSPS) is 31.2. The molecule has 1 fully saturated rings. The van der Waals surface area contributed by atoms with Crippen LogP contribution in [-0.4, -0.2) is 41.9 Å². The number of nitrogens with zero attached hydrogens (tertiary/aromatic N) is 1. The van der Waals surface area contributed by atoms with Crippen LogP contribution >= 0.6 is 0 Å². The molecular formula is C9H18FNO. The molecule has 1 rings (SSSR count). The predicted molar refractivity (Wildman–Crippen MR) is 46.9 cm³/mol. The van der Waals surface area contributed by atoms with Gasteiger partial charge in [0.2, 0.25) is 0 Å². The van der Waals surface area contributed by atoms with Crippen LogP contribution in [0.5, 0.6) is 0 Å². The fourth-order valence-electron chi connectivity index (χ4n) is 1.97. The van der Waals surface area contributed by atoms with Crippen molar-refractivity contribution in [1.82, 2.24) is 4.90 Å². The van der Waals surface area contributed by atoms with E-state index in [4.69, 9.17) is 0 Å². The van der Waals surface area contributed by atoms with Crippen LogP contribution in [0, 0.1) is 0 Å². The Labute approximate surface area is 73.4 Å². The molecule has 1 saturated heterocycles. The highest BCUT2D eigenvalue weighted by atomic mass is 19.1. The number of aliphatic hydroxyl groups is 1. The van der Waals surface area contributed by atoms with Crippen LogP contribution in [0.1, 0.15) is 26.2 Å². The minimum absolute atomic E-state index is 0.229. The Morgan fingerprint density at radius 1 is 1.58 bits per heavy atom. The standard InChI is InChI=1S/C9H18FNO/c1-2-3-8-6-9(12)7-11(8)5-4-10/h8-9,12H,2-7H2,1H3/t8-,9-/m1/s1. The molecule has 1 N–H and O–H groups in total. The van der Waals surface area contributed by atoms with Crippen molar-refractivity contribution in [2.75, 3.05) is 19.8 Å². The number of hydrogen-bond donors (Lipinski definition) is 1. The van der Waals surface area contributed by atoms with E-state index in [0.29, 0.717) is 19.1 Å². The first-order valence-corrected chi connectivity index (χ1v) is 4.76. The van der Waals surface area contributed by atoms with Gasteiger partial charge in [-0.15, -0.1) is 0 Å². The second kappa shape index (κ2) is 4.77. The molecule has 0 aliphatic carbocycles. The molecule has 0 unspecified atom stereocenters. The molecule has 0 amide bonds. The second-order valence-corrected chi connectivity index (χ2v) is 3.52. The van der Waals surface area contributed by atoms with Gasteiger partial charge in [-0.25, -0.2) is 4.39 Å². The van der Waals surface area contributed by atoms with Crippen molar-refractivity contribution in [3.05, 3.63) is 0 Å². The van der Waals surface area contributed by atoms with Crippen LogP contribution in [0.25, 0.3) is 0 Å². The maximum Gasteiger partial charge on any atom is 0.102 e. The van der Waals surface area contributed by atoms with Gasteiger partial charge >= 0.3 is 0 Å². The summed E-state index contributed by atoms with van der Waals surface area (Å²) in [6.07, 6.45) is 2.79. The first kappa shape index (κ1) is 9.93. The number of halogens is 1. The van der Waals surface area contributed by atoms with Gasteiger partial charge in [0.1, 0.15) is 6.67 Å². The average Bonchev–Trinajstić information content (AvgIpc) is 2.33. The number of likely N-dealkylation sites (tertiary alicyclic amines) is 1. The third-order valence-corrected chi connectivity index (χ3v) is 2.50. The summed E-state index contributed by atoms with van der Waals surface area (Å²) in [5, 5.41) is 9.36. The SMILES string of the molecule is CCC[C@@H]1C[C@@H](O)CN1CCF. The topological polar surface area (TPSA) is 23.5 Å². The lowest BCUT2D eigenvalue weighted by atomic mass is 10.1. The van der Waals surface area contributed by atoms with Crippen molar-refractivity contribution in [3.8, 4) is 0 Å². The molecule has 2 atom stereocenters. The zero-order valence-corrected chi connectivity index (χ0v) is 7.67. The molecule has 2 nitrogen and oxygen atoms in total. The van der Waals surface area contributed by atoms with Crippen LogP contribution in [0.3, 0.4) is 0 Å². The lowest BCUT2D eigenvalue weighted by molar-refractivity contribution is 0.170. The molecule has 1 aliphatic rings. The van der Waals surface area contributed by atoms with Crippen molar-refractivity contribution in [1.29, 1.82) is 0 Å². The van der Waals surface area contributed by atoms with Crippen molar-refractivity contribution in [3.63, 3.8) is 0 Å². The summed E-state index contributed by atoms with van der Waals surface area (Å²) in [5.74, 6) is 0. The van der Waals surface area contributed by atoms with Gasteiger partial charge in [0.05, 0.1) is 6.10 Å². The number of alkyl halides is 1. The van der Waals surface area contributed by atoms with E-state index in [1.165, 1.54) is 0 Å². The first-order chi connectivity index (χ1) is 5.77. The summed E-state index contributed by atoms with van der Waals surface area (Å²) in [7, 11) is 0. The molecule has 0 aromatic carbocycles. The molecule has 0 aromatic heterocycles. The Balaban J connectivity index is 2.36. The van der Waals surface area contributed by atoms with E-state index in [2.05, 4.69) is 11.8 Å². The molecule has 0 aromatic rings. The van der Waals surface area contributed by atoms with Gasteiger partial charge < -0.3 is 5.11 Å². The summed E-state index contributed by atoms with van der Waals surface area (Å²) in [4.78, 5) is 2.06. The van der Waals surface area contributed by atoms with E-state index in [1.807, 2.05) is 0 Å². The maximum atomic E-state index is 12.1. The third kappa shape index (κ3) is 2.42. The molecule has 1 heterocycles. The molecule has 0 bridgehead atoms. The van der Waals surface area contributed by atoms with Crippen LogP contribution < -0.4 is 0 Å². The Kier molecular flexibility index (Phi) is 3.95. The van der Waals surface area contributed by atoms with Crippen LogP contribution in [0.4, 0.5) is 4.39 Å². The Hall–Kier alpha value is -0.150. The molecule has 0 radical (unpaired) electrons. The summed E-state index contributed by atoms with van der Waals surface area (Å²) in [6, 6.07) is 0.417. The number of aliphatic hydroxyl groups excluding tert-OH is 1. The number of rotatable bonds is 4. The monoisotopic (exact) mass is 175 g/mol. The van der Waals surface area contributed by atoms with E-state index in [9.17, 15) is 9.50 Å². The van der Waals surface area contributed by atoms with Gasteiger partial charge in [0.25, 0.3) is 0 Å². The highest BCUT2D eigenvalue weighted by molar-refractivity contribution is 4.84. The van der Waals surface area contributed by atoms with Crippen molar-refractivity contribution < 1.29 is 9.50 Å². The van der Waals surface area contributed by atoms with Crippen LogP contribution in [0.2, 0.25) is 0 Å². The zero-order chi connectivity index (χ0) is 8.97. The van der Waals surface area contributed by atoms with E-state index in [-0.39, 0.29) is 12.8 Å². The fourth-order valence-corrected chi connectivity index (χ4v) is 1.97. The highest BCUT2D eigenvalue weighted by Gasteiger charge is 2.29.